The van der Waals surface area contributed by atoms with Crippen molar-refractivity contribution in [2.75, 3.05) is 36.0 Å². The molecule has 1 aromatic rings. The number of rotatable bonds is 2. The van der Waals surface area contributed by atoms with E-state index in [1.165, 1.54) is 25.7 Å². The molecule has 0 aliphatic carbocycles. The third-order valence-electron chi connectivity index (χ3n) is 4.04. The van der Waals surface area contributed by atoms with Crippen LogP contribution in [0.25, 0.3) is 0 Å². The van der Waals surface area contributed by atoms with Gasteiger partial charge in [-0.2, -0.15) is 15.0 Å². The Bertz CT molecular complexity index is 439. The fourth-order valence-electron chi connectivity index (χ4n) is 2.74. The standard InChI is InChI=1S/C13H20ClN5/c1-10-4-8-19(9-5-10)13-16-11(14)15-12(17-13)18-6-2-3-7-18/h10H,2-9H2,1H3. The van der Waals surface area contributed by atoms with Crippen LogP contribution in [-0.2, 0) is 0 Å². The molecular formula is C13H20ClN5. The molecule has 0 N–H and O–H groups in total. The van der Waals surface area contributed by atoms with E-state index in [0.717, 1.165) is 44.0 Å². The normalized spacial score (nSPS) is 21.2. The Morgan fingerprint density at radius 2 is 1.42 bits per heavy atom. The number of hydrogen-bond donors (Lipinski definition) is 0. The quantitative estimate of drug-likeness (QED) is 0.833. The van der Waals surface area contributed by atoms with E-state index < -0.39 is 0 Å². The molecule has 19 heavy (non-hydrogen) atoms. The number of halogens is 1. The molecule has 0 spiro atoms. The molecule has 0 unspecified atom stereocenters. The van der Waals surface area contributed by atoms with E-state index in [9.17, 15) is 0 Å². The maximum Gasteiger partial charge on any atom is 0.231 e. The summed E-state index contributed by atoms with van der Waals surface area (Å²) in [6.07, 6.45) is 4.81. The second-order valence-electron chi connectivity index (χ2n) is 5.57. The molecule has 0 atom stereocenters. The van der Waals surface area contributed by atoms with E-state index in [1.807, 2.05) is 0 Å². The smallest absolute Gasteiger partial charge is 0.231 e. The number of anilines is 2. The predicted molar refractivity (Wildman–Crippen MR) is 76.9 cm³/mol. The third kappa shape index (κ3) is 2.91. The zero-order valence-corrected chi connectivity index (χ0v) is 12.1. The van der Waals surface area contributed by atoms with E-state index in [-0.39, 0.29) is 0 Å². The summed E-state index contributed by atoms with van der Waals surface area (Å²) in [4.78, 5) is 17.6. The Labute approximate surface area is 119 Å². The molecule has 3 heterocycles. The molecule has 0 saturated carbocycles. The molecule has 2 saturated heterocycles. The average Bonchev–Trinajstić information content (AvgIpc) is 2.93. The molecular weight excluding hydrogens is 262 g/mol. The van der Waals surface area contributed by atoms with Gasteiger partial charge in [-0.15, -0.1) is 0 Å². The average molecular weight is 282 g/mol. The molecule has 1 aromatic heterocycles. The lowest BCUT2D eigenvalue weighted by molar-refractivity contribution is 0.434. The first kappa shape index (κ1) is 12.9. The van der Waals surface area contributed by atoms with Crippen LogP contribution >= 0.6 is 11.6 Å². The number of piperidine rings is 1. The van der Waals surface area contributed by atoms with Gasteiger partial charge in [-0.1, -0.05) is 6.92 Å². The molecule has 3 rings (SSSR count). The van der Waals surface area contributed by atoms with Crippen LogP contribution in [0.1, 0.15) is 32.6 Å². The van der Waals surface area contributed by atoms with Crippen LogP contribution in [0.2, 0.25) is 5.28 Å². The lowest BCUT2D eigenvalue weighted by Crippen LogP contribution is -2.34. The first-order valence-electron chi connectivity index (χ1n) is 7.14. The Hall–Kier alpha value is -1.10. The molecule has 0 aromatic carbocycles. The maximum absolute atomic E-state index is 6.06. The topological polar surface area (TPSA) is 45.2 Å². The van der Waals surface area contributed by atoms with Crippen LogP contribution in [0, 0.1) is 5.92 Å². The van der Waals surface area contributed by atoms with Gasteiger partial charge in [0.05, 0.1) is 0 Å². The summed E-state index contributed by atoms with van der Waals surface area (Å²) in [5.74, 6) is 2.28. The minimum Gasteiger partial charge on any atom is -0.341 e. The van der Waals surface area contributed by atoms with E-state index in [4.69, 9.17) is 11.6 Å². The molecule has 104 valence electrons. The summed E-state index contributed by atoms with van der Waals surface area (Å²) in [6, 6.07) is 0. The first-order chi connectivity index (χ1) is 9.22. The first-order valence-corrected chi connectivity index (χ1v) is 7.51. The Balaban J connectivity index is 1.80. The summed E-state index contributed by atoms with van der Waals surface area (Å²) in [6.45, 7) is 6.38. The summed E-state index contributed by atoms with van der Waals surface area (Å²) >= 11 is 6.06. The lowest BCUT2D eigenvalue weighted by Gasteiger charge is -2.30. The lowest BCUT2D eigenvalue weighted by atomic mass is 10.00. The summed E-state index contributed by atoms with van der Waals surface area (Å²) in [5.41, 5.74) is 0. The van der Waals surface area contributed by atoms with Crippen molar-refractivity contribution in [2.45, 2.75) is 32.6 Å². The fourth-order valence-corrected chi connectivity index (χ4v) is 2.89. The van der Waals surface area contributed by atoms with Gasteiger partial charge >= 0.3 is 0 Å². The molecule has 0 amide bonds. The zero-order chi connectivity index (χ0) is 13.2. The highest BCUT2D eigenvalue weighted by atomic mass is 35.5. The minimum atomic E-state index is 0.311. The van der Waals surface area contributed by atoms with Gasteiger partial charge in [0.25, 0.3) is 0 Å². The van der Waals surface area contributed by atoms with Crippen molar-refractivity contribution >= 4 is 23.5 Å². The molecule has 6 heteroatoms. The number of hydrogen-bond acceptors (Lipinski definition) is 5. The fraction of sp³-hybridized carbons (Fsp3) is 0.769. The van der Waals surface area contributed by atoms with Crippen molar-refractivity contribution in [3.63, 3.8) is 0 Å². The van der Waals surface area contributed by atoms with Gasteiger partial charge < -0.3 is 9.80 Å². The molecule has 5 nitrogen and oxygen atoms in total. The van der Waals surface area contributed by atoms with Gasteiger partial charge in [0.1, 0.15) is 0 Å². The Morgan fingerprint density at radius 3 is 2.00 bits per heavy atom. The van der Waals surface area contributed by atoms with Gasteiger partial charge in [-0.25, -0.2) is 0 Å². The highest BCUT2D eigenvalue weighted by molar-refractivity contribution is 6.28. The van der Waals surface area contributed by atoms with Crippen molar-refractivity contribution in [3.05, 3.63) is 5.28 Å². The van der Waals surface area contributed by atoms with Crippen LogP contribution < -0.4 is 9.80 Å². The second kappa shape index (κ2) is 5.49. The van der Waals surface area contributed by atoms with Crippen molar-refractivity contribution in [1.29, 1.82) is 0 Å². The number of nitrogens with zero attached hydrogens (tertiary/aromatic N) is 5. The minimum absolute atomic E-state index is 0.311. The van der Waals surface area contributed by atoms with E-state index in [2.05, 4.69) is 31.7 Å². The van der Waals surface area contributed by atoms with Crippen molar-refractivity contribution < 1.29 is 0 Å². The van der Waals surface area contributed by atoms with Crippen molar-refractivity contribution in [2.24, 2.45) is 5.92 Å². The van der Waals surface area contributed by atoms with Gasteiger partial charge in [-0.3, -0.25) is 0 Å². The highest BCUT2D eigenvalue weighted by Crippen LogP contribution is 2.24. The SMILES string of the molecule is CC1CCN(c2nc(Cl)nc(N3CCCC3)n2)CC1. The summed E-state index contributed by atoms with van der Waals surface area (Å²) in [7, 11) is 0. The largest absolute Gasteiger partial charge is 0.341 e. The predicted octanol–water partition coefficient (Wildman–Crippen LogP) is 2.36. The molecule has 0 radical (unpaired) electrons. The number of aromatic nitrogens is 3. The van der Waals surface area contributed by atoms with E-state index in [0.29, 0.717) is 5.28 Å². The maximum atomic E-state index is 6.06. The Morgan fingerprint density at radius 1 is 0.895 bits per heavy atom. The van der Waals surface area contributed by atoms with Gasteiger partial charge in [0.15, 0.2) is 0 Å². The van der Waals surface area contributed by atoms with Gasteiger partial charge in [0.2, 0.25) is 17.2 Å². The monoisotopic (exact) mass is 281 g/mol. The Kier molecular flexibility index (Phi) is 3.73. The van der Waals surface area contributed by atoms with Crippen LogP contribution in [0.5, 0.6) is 0 Å². The summed E-state index contributed by atoms with van der Waals surface area (Å²) < 4.78 is 0. The second-order valence-corrected chi connectivity index (χ2v) is 5.91. The highest BCUT2D eigenvalue weighted by Gasteiger charge is 2.22. The van der Waals surface area contributed by atoms with Crippen molar-refractivity contribution in [1.82, 2.24) is 15.0 Å². The molecule has 2 aliphatic rings. The van der Waals surface area contributed by atoms with E-state index in [1.54, 1.807) is 0 Å². The van der Waals surface area contributed by atoms with Gasteiger partial charge in [0, 0.05) is 26.2 Å². The van der Waals surface area contributed by atoms with E-state index >= 15 is 0 Å². The zero-order valence-electron chi connectivity index (χ0n) is 11.3. The summed E-state index contributed by atoms with van der Waals surface area (Å²) in [5, 5.41) is 0.311. The molecule has 2 fully saturated rings. The van der Waals surface area contributed by atoms with Crippen LogP contribution in [0.4, 0.5) is 11.9 Å². The molecule has 0 bridgehead atoms. The van der Waals surface area contributed by atoms with Crippen LogP contribution in [0.15, 0.2) is 0 Å². The van der Waals surface area contributed by atoms with Crippen molar-refractivity contribution in [3.8, 4) is 0 Å². The van der Waals surface area contributed by atoms with Gasteiger partial charge in [-0.05, 0) is 43.2 Å². The van der Waals surface area contributed by atoms with Crippen LogP contribution in [0.3, 0.4) is 0 Å². The third-order valence-corrected chi connectivity index (χ3v) is 4.21. The molecule has 2 aliphatic heterocycles. The van der Waals surface area contributed by atoms with Crippen LogP contribution in [-0.4, -0.2) is 41.1 Å².